The van der Waals surface area contributed by atoms with Gasteiger partial charge in [0.1, 0.15) is 6.73 Å². The summed E-state index contributed by atoms with van der Waals surface area (Å²) in [6, 6.07) is 0. The molecule has 0 fully saturated rings. The van der Waals surface area contributed by atoms with E-state index in [4.69, 9.17) is 5.11 Å². The van der Waals surface area contributed by atoms with E-state index in [1.54, 1.807) is 14.1 Å². The molecule has 0 radical (unpaired) electrons. The summed E-state index contributed by atoms with van der Waals surface area (Å²) in [5.41, 5.74) is 0. The lowest BCUT2D eigenvalue weighted by atomic mass is 10.4. The quantitative estimate of drug-likeness (QED) is 0.241. The normalized spacial score (nSPS) is 9.62. The molecule has 1 amide bonds. The van der Waals surface area contributed by atoms with Crippen molar-refractivity contribution in [1.82, 2.24) is 4.90 Å². The molecule has 0 heterocycles. The minimum atomic E-state index is -0.484. The second-order valence-corrected chi connectivity index (χ2v) is 5.16. The third-order valence-corrected chi connectivity index (χ3v) is 2.26. The standard InChI is InChI=1S/C8H16N.C5H9NO.C4H7NO2.ClH/c1-5-7-9(3,4)8-6-2;1-4-5(7)6(2)3;1-2-4(7)5-3-6;/h5-6H,1-2,7-8H2,3-4H3;4H,1H2,2-3H3;2,6H,1,3H2,(H,5,7);1H/q+1;;;/p-1. The summed E-state index contributed by atoms with van der Waals surface area (Å²) in [7, 11) is 7.68. The zero-order valence-corrected chi connectivity index (χ0v) is 16.1. The Labute approximate surface area is 152 Å². The van der Waals surface area contributed by atoms with E-state index in [1.807, 2.05) is 12.2 Å². The molecule has 7 heteroatoms. The first-order chi connectivity index (χ1) is 10.6. The minimum Gasteiger partial charge on any atom is -0.859 e. The van der Waals surface area contributed by atoms with Gasteiger partial charge in [-0.05, 0) is 24.1 Å². The average Bonchev–Trinajstić information content (AvgIpc) is 2.47. The molecule has 0 bridgehead atoms. The van der Waals surface area contributed by atoms with Crippen molar-refractivity contribution in [2.75, 3.05) is 48.0 Å². The molecule has 0 saturated carbocycles. The van der Waals surface area contributed by atoms with Crippen molar-refractivity contribution in [2.24, 2.45) is 4.99 Å². The van der Waals surface area contributed by atoms with E-state index in [1.165, 1.54) is 11.0 Å². The highest BCUT2D eigenvalue weighted by molar-refractivity contribution is 5.86. The fourth-order valence-corrected chi connectivity index (χ4v) is 1.09. The van der Waals surface area contributed by atoms with Crippen LogP contribution in [0.15, 0.2) is 55.6 Å². The molecular weight excluding hydrogens is 330 g/mol. The number of quaternary nitrogens is 1. The van der Waals surface area contributed by atoms with Crippen LogP contribution in [0.25, 0.3) is 0 Å². The van der Waals surface area contributed by atoms with E-state index in [2.05, 4.69) is 45.4 Å². The van der Waals surface area contributed by atoms with Crippen LogP contribution in [0.5, 0.6) is 0 Å². The number of carbonyl (C=O) groups is 1. The van der Waals surface area contributed by atoms with Gasteiger partial charge in [0.15, 0.2) is 0 Å². The number of hydrogen-bond acceptors (Lipinski definition) is 4. The lowest BCUT2D eigenvalue weighted by Crippen LogP contribution is -2.39. The first-order valence-electron chi connectivity index (χ1n) is 6.94. The molecule has 0 aliphatic heterocycles. The Kier molecular flexibility index (Phi) is 24.0. The van der Waals surface area contributed by atoms with Gasteiger partial charge < -0.3 is 19.6 Å². The van der Waals surface area contributed by atoms with Crippen LogP contribution >= 0.6 is 12.4 Å². The number of aliphatic hydroxyl groups excluding tert-OH is 1. The number of amides is 1. The first-order valence-corrected chi connectivity index (χ1v) is 6.94. The van der Waals surface area contributed by atoms with Gasteiger partial charge in [0.05, 0.1) is 27.2 Å². The van der Waals surface area contributed by atoms with Crippen LogP contribution < -0.4 is 5.11 Å². The number of rotatable bonds is 7. The summed E-state index contributed by atoms with van der Waals surface area (Å²) < 4.78 is 0.951. The Balaban J connectivity index is -0.000000124. The number of aliphatic hydroxyl groups is 1. The predicted molar refractivity (Wildman–Crippen MR) is 103 cm³/mol. The molecule has 1 N–H and O–H groups in total. The van der Waals surface area contributed by atoms with Gasteiger partial charge in [-0.1, -0.05) is 32.4 Å². The predicted octanol–water partition coefficient (Wildman–Crippen LogP) is 0.998. The number of nitrogens with zero attached hydrogens (tertiary/aromatic N) is 3. The first kappa shape index (κ1) is 30.0. The van der Waals surface area contributed by atoms with Crippen LogP contribution in [0.4, 0.5) is 0 Å². The maximum atomic E-state index is 10.3. The zero-order valence-electron chi connectivity index (χ0n) is 15.3. The third kappa shape index (κ3) is 25.1. The second-order valence-electron chi connectivity index (χ2n) is 5.16. The molecule has 0 aliphatic rings. The van der Waals surface area contributed by atoms with Gasteiger partial charge >= 0.3 is 0 Å². The second kappa shape index (κ2) is 19.2. The third-order valence-electron chi connectivity index (χ3n) is 2.26. The number of halogens is 1. The van der Waals surface area contributed by atoms with Crippen LogP contribution in [0.3, 0.4) is 0 Å². The van der Waals surface area contributed by atoms with E-state index in [9.17, 15) is 9.90 Å². The SMILES string of the molecule is C=CC(=O)N(C)C.C=CC([O-])=NCO.C=CC[N+](C)(C)CC=C.Cl. The highest BCUT2D eigenvalue weighted by atomic mass is 35.5. The number of likely N-dealkylation sites (N-methyl/N-ethyl adjacent to an activating group) is 2. The lowest BCUT2D eigenvalue weighted by Gasteiger charge is -2.26. The van der Waals surface area contributed by atoms with Crippen molar-refractivity contribution < 1.29 is 19.5 Å². The maximum absolute atomic E-state index is 10.3. The van der Waals surface area contributed by atoms with Crippen molar-refractivity contribution >= 4 is 24.2 Å². The van der Waals surface area contributed by atoms with E-state index in [0.29, 0.717) is 0 Å². The molecule has 0 aromatic rings. The van der Waals surface area contributed by atoms with Gasteiger partial charge in [-0.25, -0.2) is 0 Å². The van der Waals surface area contributed by atoms with Crippen LogP contribution in [0, 0.1) is 0 Å². The van der Waals surface area contributed by atoms with Gasteiger partial charge in [0.25, 0.3) is 0 Å². The van der Waals surface area contributed by atoms with Crippen molar-refractivity contribution in [3.8, 4) is 0 Å². The Hall–Kier alpha value is -1.89. The Morgan fingerprint density at radius 3 is 1.67 bits per heavy atom. The molecule has 0 aliphatic carbocycles. The molecule has 0 unspecified atom stereocenters. The van der Waals surface area contributed by atoms with Crippen molar-refractivity contribution in [2.45, 2.75) is 0 Å². The molecular formula is C17H32ClN3O3. The summed E-state index contributed by atoms with van der Waals surface area (Å²) in [4.78, 5) is 14.8. The minimum absolute atomic E-state index is 0. The largest absolute Gasteiger partial charge is 0.859 e. The fraction of sp³-hybridized carbons (Fsp3) is 0.412. The van der Waals surface area contributed by atoms with Crippen LogP contribution in [0.1, 0.15) is 0 Å². The van der Waals surface area contributed by atoms with E-state index in [0.717, 1.165) is 23.6 Å². The molecule has 0 spiro atoms. The van der Waals surface area contributed by atoms with Crippen molar-refractivity contribution in [3.05, 3.63) is 50.6 Å². The van der Waals surface area contributed by atoms with Gasteiger partial charge in [-0.3, -0.25) is 9.79 Å². The van der Waals surface area contributed by atoms with E-state index >= 15 is 0 Å². The highest BCUT2D eigenvalue weighted by Gasteiger charge is 2.07. The van der Waals surface area contributed by atoms with E-state index in [-0.39, 0.29) is 18.3 Å². The molecule has 24 heavy (non-hydrogen) atoms. The summed E-state index contributed by atoms with van der Waals surface area (Å²) >= 11 is 0. The topological polar surface area (TPSA) is 76.0 Å². The maximum Gasteiger partial charge on any atom is 0.245 e. The summed E-state index contributed by atoms with van der Waals surface area (Å²) in [5, 5.41) is 17.9. The number of hydrogen-bond donors (Lipinski definition) is 1. The Morgan fingerprint density at radius 2 is 1.54 bits per heavy atom. The molecule has 140 valence electrons. The van der Waals surface area contributed by atoms with Gasteiger partial charge in [-0.15, -0.1) is 12.4 Å². The lowest BCUT2D eigenvalue weighted by molar-refractivity contribution is -0.878. The van der Waals surface area contributed by atoms with Crippen LogP contribution in [-0.4, -0.2) is 74.3 Å². The molecule has 0 rings (SSSR count). The zero-order chi connectivity index (χ0) is 18.9. The van der Waals surface area contributed by atoms with E-state index < -0.39 is 12.6 Å². The van der Waals surface area contributed by atoms with Gasteiger partial charge in [0, 0.05) is 14.1 Å². The molecule has 0 aromatic carbocycles. The van der Waals surface area contributed by atoms with Gasteiger partial charge in [-0.2, -0.15) is 0 Å². The smallest absolute Gasteiger partial charge is 0.245 e. The van der Waals surface area contributed by atoms with Crippen molar-refractivity contribution in [1.29, 1.82) is 0 Å². The Morgan fingerprint density at radius 1 is 1.12 bits per heavy atom. The monoisotopic (exact) mass is 361 g/mol. The Bertz CT molecular complexity index is 394. The number of aliphatic imine (C=N–C) groups is 1. The van der Waals surface area contributed by atoms with Crippen LogP contribution in [0.2, 0.25) is 0 Å². The number of carbonyl (C=O) groups excluding carboxylic acids is 1. The fourth-order valence-electron chi connectivity index (χ4n) is 1.09. The summed E-state index contributed by atoms with van der Waals surface area (Å²) in [5.74, 6) is -0.539. The molecule has 0 atom stereocenters. The highest BCUT2D eigenvalue weighted by Crippen LogP contribution is 1.95. The summed E-state index contributed by atoms with van der Waals surface area (Å²) in [6.07, 6.45) is 6.18. The average molecular weight is 362 g/mol. The van der Waals surface area contributed by atoms with Crippen molar-refractivity contribution in [3.63, 3.8) is 0 Å². The van der Waals surface area contributed by atoms with Gasteiger partial charge in [0.2, 0.25) is 5.91 Å². The molecule has 6 nitrogen and oxygen atoms in total. The van der Waals surface area contributed by atoms with Crippen LogP contribution in [-0.2, 0) is 4.79 Å². The molecule has 0 aromatic heterocycles. The summed E-state index contributed by atoms with van der Waals surface area (Å²) in [6.45, 7) is 15.3. The molecule has 0 saturated heterocycles.